The lowest BCUT2D eigenvalue weighted by atomic mass is 9.94. The van der Waals surface area contributed by atoms with Crippen molar-refractivity contribution in [1.29, 1.82) is 0 Å². The van der Waals surface area contributed by atoms with E-state index in [0.29, 0.717) is 18.3 Å². The van der Waals surface area contributed by atoms with E-state index in [1.807, 2.05) is 18.2 Å². The van der Waals surface area contributed by atoms with Crippen LogP contribution in [0, 0.1) is 0 Å². The number of carbonyl (C=O) groups is 1. The van der Waals surface area contributed by atoms with Crippen LogP contribution in [0.15, 0.2) is 84.0 Å². The van der Waals surface area contributed by atoms with Gasteiger partial charge in [-0.2, -0.15) is 0 Å². The fraction of sp³-hybridized carbons (Fsp3) is 0.200. The summed E-state index contributed by atoms with van der Waals surface area (Å²) in [6.07, 6.45) is 2.27. The maximum Gasteiger partial charge on any atom is 0.344 e. The summed E-state index contributed by atoms with van der Waals surface area (Å²) in [5, 5.41) is 3.89. The van der Waals surface area contributed by atoms with Gasteiger partial charge in [0.15, 0.2) is 6.61 Å². The molecule has 0 saturated carbocycles. The number of rotatable bonds is 9. The second-order valence-electron chi connectivity index (χ2n) is 6.92. The monoisotopic (exact) mass is 401 g/mol. The van der Waals surface area contributed by atoms with Crippen LogP contribution < -0.4 is 4.74 Å². The zero-order chi connectivity index (χ0) is 20.6. The maximum absolute atomic E-state index is 11.7. The van der Waals surface area contributed by atoms with Gasteiger partial charge < -0.3 is 14.3 Å². The van der Waals surface area contributed by atoms with Crippen LogP contribution in [-0.2, 0) is 14.4 Å². The average molecular weight is 401 g/mol. The second-order valence-corrected chi connectivity index (χ2v) is 6.92. The third kappa shape index (κ3) is 4.69. The quantitative estimate of drug-likeness (QED) is 0.223. The van der Waals surface area contributed by atoms with Crippen molar-refractivity contribution >= 4 is 12.2 Å². The molecule has 0 heterocycles. The SMILES string of the molecule is O=C(COc1ccccc1)OCC=NOCCC1c2ccccc2-c2ccccc21. The molecule has 0 unspecified atom stereocenters. The van der Waals surface area contributed by atoms with Crippen molar-refractivity contribution in [2.45, 2.75) is 12.3 Å². The Bertz CT molecular complexity index is 971. The zero-order valence-corrected chi connectivity index (χ0v) is 16.6. The summed E-state index contributed by atoms with van der Waals surface area (Å²) in [6.45, 7) is 0.389. The van der Waals surface area contributed by atoms with Crippen molar-refractivity contribution in [3.05, 3.63) is 90.0 Å². The standard InChI is InChI=1S/C25H23NO4/c27-25(18-29-19-8-2-1-3-9-19)28-17-15-26-30-16-14-24-22-12-6-4-10-20(22)21-11-5-7-13-23(21)24/h1-13,15,24H,14,16-18H2. The Morgan fingerprint density at radius 2 is 1.50 bits per heavy atom. The first kappa shape index (κ1) is 19.7. The number of para-hydroxylation sites is 1. The van der Waals surface area contributed by atoms with E-state index in [1.165, 1.54) is 28.5 Å². The average Bonchev–Trinajstić information content (AvgIpc) is 3.12. The Morgan fingerprint density at radius 3 is 2.20 bits per heavy atom. The fourth-order valence-electron chi connectivity index (χ4n) is 3.71. The smallest absolute Gasteiger partial charge is 0.344 e. The molecule has 3 aromatic rings. The summed E-state index contributed by atoms with van der Waals surface area (Å²) in [5.74, 6) is 0.478. The summed E-state index contributed by atoms with van der Waals surface area (Å²) < 4.78 is 10.4. The van der Waals surface area contributed by atoms with Gasteiger partial charge in [-0.25, -0.2) is 4.79 Å². The molecule has 30 heavy (non-hydrogen) atoms. The Kier molecular flexibility index (Phi) is 6.40. The van der Waals surface area contributed by atoms with Gasteiger partial charge in [0.1, 0.15) is 19.0 Å². The molecule has 0 bridgehead atoms. The summed E-state index contributed by atoms with van der Waals surface area (Å²) >= 11 is 0. The Morgan fingerprint density at radius 1 is 0.867 bits per heavy atom. The summed E-state index contributed by atoms with van der Waals surface area (Å²) in [4.78, 5) is 17.0. The molecule has 0 fully saturated rings. The van der Waals surface area contributed by atoms with E-state index in [0.717, 1.165) is 6.42 Å². The Labute approximate surface area is 175 Å². The molecule has 152 valence electrons. The molecule has 0 aromatic heterocycles. The molecule has 5 heteroatoms. The van der Waals surface area contributed by atoms with Crippen LogP contribution in [0.5, 0.6) is 5.75 Å². The van der Waals surface area contributed by atoms with Gasteiger partial charge in [0, 0.05) is 5.92 Å². The van der Waals surface area contributed by atoms with E-state index in [2.05, 4.69) is 53.7 Å². The van der Waals surface area contributed by atoms with Gasteiger partial charge in [0.05, 0.1) is 6.21 Å². The van der Waals surface area contributed by atoms with E-state index in [1.54, 1.807) is 12.1 Å². The van der Waals surface area contributed by atoms with Gasteiger partial charge in [0.25, 0.3) is 0 Å². The van der Waals surface area contributed by atoms with Crippen LogP contribution >= 0.6 is 0 Å². The molecule has 4 rings (SSSR count). The van der Waals surface area contributed by atoms with Crippen molar-refractivity contribution in [2.75, 3.05) is 19.8 Å². The third-order valence-electron chi connectivity index (χ3n) is 5.03. The van der Waals surface area contributed by atoms with E-state index in [-0.39, 0.29) is 13.2 Å². The highest BCUT2D eigenvalue weighted by atomic mass is 16.6. The third-order valence-corrected chi connectivity index (χ3v) is 5.03. The largest absolute Gasteiger partial charge is 0.482 e. The van der Waals surface area contributed by atoms with Gasteiger partial charge >= 0.3 is 5.97 Å². The molecule has 3 aromatic carbocycles. The zero-order valence-electron chi connectivity index (χ0n) is 16.6. The van der Waals surface area contributed by atoms with Gasteiger partial charge in [-0.15, -0.1) is 0 Å². The van der Waals surface area contributed by atoms with Crippen molar-refractivity contribution < 1.29 is 19.1 Å². The first-order valence-electron chi connectivity index (χ1n) is 9.98. The van der Waals surface area contributed by atoms with Crippen LogP contribution in [-0.4, -0.2) is 32.0 Å². The second kappa shape index (κ2) is 9.74. The van der Waals surface area contributed by atoms with Crippen LogP contribution in [0.25, 0.3) is 11.1 Å². The topological polar surface area (TPSA) is 57.1 Å². The van der Waals surface area contributed by atoms with E-state index in [4.69, 9.17) is 14.3 Å². The van der Waals surface area contributed by atoms with Gasteiger partial charge in [0.2, 0.25) is 0 Å². The number of oxime groups is 1. The van der Waals surface area contributed by atoms with Crippen LogP contribution in [0.3, 0.4) is 0 Å². The minimum atomic E-state index is -0.454. The molecule has 1 aliphatic carbocycles. The van der Waals surface area contributed by atoms with Gasteiger partial charge in [-0.3, -0.25) is 0 Å². The number of carbonyl (C=O) groups excluding carboxylic acids is 1. The number of ether oxygens (including phenoxy) is 2. The van der Waals surface area contributed by atoms with E-state index >= 15 is 0 Å². The first-order chi connectivity index (χ1) is 14.8. The number of hydrogen-bond donors (Lipinski definition) is 0. The maximum atomic E-state index is 11.7. The minimum Gasteiger partial charge on any atom is -0.482 e. The molecule has 0 N–H and O–H groups in total. The lowest BCUT2D eigenvalue weighted by Gasteiger charge is -2.12. The molecule has 0 aliphatic heterocycles. The lowest BCUT2D eigenvalue weighted by Crippen LogP contribution is -2.15. The van der Waals surface area contributed by atoms with Crippen molar-refractivity contribution in [2.24, 2.45) is 5.16 Å². The normalized spacial score (nSPS) is 12.4. The van der Waals surface area contributed by atoms with Gasteiger partial charge in [-0.05, 0) is 40.8 Å². The molecule has 1 aliphatic rings. The van der Waals surface area contributed by atoms with Gasteiger partial charge in [-0.1, -0.05) is 71.9 Å². The molecule has 0 radical (unpaired) electrons. The Balaban J connectivity index is 1.18. The van der Waals surface area contributed by atoms with E-state index in [9.17, 15) is 4.79 Å². The molecule has 0 atom stereocenters. The predicted octanol–water partition coefficient (Wildman–Crippen LogP) is 4.81. The van der Waals surface area contributed by atoms with Crippen molar-refractivity contribution in [3.8, 4) is 16.9 Å². The highest BCUT2D eigenvalue weighted by Gasteiger charge is 2.27. The summed E-state index contributed by atoms with van der Waals surface area (Å²) in [5.41, 5.74) is 5.26. The first-order valence-corrected chi connectivity index (χ1v) is 9.98. The fourth-order valence-corrected chi connectivity index (χ4v) is 3.71. The minimum absolute atomic E-state index is 0.0477. The number of esters is 1. The van der Waals surface area contributed by atoms with Crippen LogP contribution in [0.1, 0.15) is 23.5 Å². The molecular weight excluding hydrogens is 378 g/mol. The highest BCUT2D eigenvalue weighted by molar-refractivity contribution is 5.78. The summed E-state index contributed by atoms with van der Waals surface area (Å²) in [7, 11) is 0. The lowest BCUT2D eigenvalue weighted by molar-refractivity contribution is -0.144. The molecule has 0 saturated heterocycles. The Hall–Kier alpha value is -3.60. The number of fused-ring (bicyclic) bond motifs is 3. The highest BCUT2D eigenvalue weighted by Crippen LogP contribution is 2.45. The van der Waals surface area contributed by atoms with E-state index < -0.39 is 5.97 Å². The number of hydrogen-bond acceptors (Lipinski definition) is 5. The molecule has 0 amide bonds. The van der Waals surface area contributed by atoms with Crippen molar-refractivity contribution in [3.63, 3.8) is 0 Å². The van der Waals surface area contributed by atoms with Crippen LogP contribution in [0.2, 0.25) is 0 Å². The molecule has 0 spiro atoms. The molecule has 5 nitrogen and oxygen atoms in total. The summed E-state index contributed by atoms with van der Waals surface area (Å²) in [6, 6.07) is 26.1. The van der Waals surface area contributed by atoms with Crippen molar-refractivity contribution in [1.82, 2.24) is 0 Å². The molecular formula is C25H23NO4. The van der Waals surface area contributed by atoms with Crippen LogP contribution in [0.4, 0.5) is 0 Å². The predicted molar refractivity (Wildman–Crippen MR) is 116 cm³/mol. The number of benzene rings is 3. The number of nitrogens with zero attached hydrogens (tertiary/aromatic N) is 1.